The zero-order valence-electron chi connectivity index (χ0n) is 14.9. The van der Waals surface area contributed by atoms with E-state index in [9.17, 15) is 27.2 Å². The average Bonchev–Trinajstić information content (AvgIpc) is 3.09. The van der Waals surface area contributed by atoms with Crippen LogP contribution in [0.4, 0.5) is 28.4 Å². The fourth-order valence-electron chi connectivity index (χ4n) is 2.41. The smallest absolute Gasteiger partial charge is 0.326 e. The molecule has 0 bridgehead atoms. The van der Waals surface area contributed by atoms with Crippen molar-refractivity contribution in [3.63, 3.8) is 0 Å². The van der Waals surface area contributed by atoms with E-state index in [2.05, 4.69) is 15.6 Å². The molecule has 1 heterocycles. The number of nitrogens with one attached hydrogen (secondary N) is 2. The van der Waals surface area contributed by atoms with Crippen LogP contribution in [-0.2, 0) is 17.4 Å². The number of thiazole rings is 1. The average molecular weight is 458 g/mol. The van der Waals surface area contributed by atoms with Crippen LogP contribution in [0.2, 0.25) is 5.02 Å². The molecule has 2 amide bonds. The van der Waals surface area contributed by atoms with E-state index in [0.717, 1.165) is 17.4 Å². The molecule has 2 aromatic carbocycles. The van der Waals surface area contributed by atoms with E-state index in [1.54, 1.807) is 12.1 Å². The molecule has 5 nitrogen and oxygen atoms in total. The number of halogens is 5. The number of alkyl halides is 3. The van der Waals surface area contributed by atoms with E-state index in [1.165, 1.54) is 17.5 Å². The number of carbonyl (C=O) groups is 2. The summed E-state index contributed by atoms with van der Waals surface area (Å²) in [6.45, 7) is 0. The lowest BCUT2D eigenvalue weighted by atomic mass is 10.1. The lowest BCUT2D eigenvalue weighted by molar-refractivity contribution is -0.140. The predicted octanol–water partition coefficient (Wildman–Crippen LogP) is 5.39. The Bertz CT molecular complexity index is 1080. The minimum Gasteiger partial charge on any atom is -0.326 e. The van der Waals surface area contributed by atoms with Crippen LogP contribution in [0.1, 0.15) is 21.6 Å². The van der Waals surface area contributed by atoms with Gasteiger partial charge in [-0.3, -0.25) is 14.9 Å². The van der Waals surface area contributed by atoms with Gasteiger partial charge in [0.15, 0.2) is 5.13 Å². The van der Waals surface area contributed by atoms with Gasteiger partial charge in [-0.15, -0.1) is 11.3 Å². The maximum Gasteiger partial charge on any atom is 0.419 e. The Morgan fingerprint density at radius 2 is 1.77 bits per heavy atom. The Morgan fingerprint density at radius 1 is 1.07 bits per heavy atom. The van der Waals surface area contributed by atoms with Crippen LogP contribution in [0.3, 0.4) is 0 Å². The van der Waals surface area contributed by atoms with Crippen LogP contribution < -0.4 is 10.6 Å². The summed E-state index contributed by atoms with van der Waals surface area (Å²) >= 11 is 6.86. The zero-order valence-corrected chi connectivity index (χ0v) is 16.5. The number of hydrogen-bond donors (Lipinski definition) is 2. The molecule has 11 heteroatoms. The zero-order chi connectivity index (χ0) is 21.9. The standard InChI is InChI=1S/C19H12ClF4N3O2S/c20-11-3-1-10(2-4-11)17(29)27-18-26-13(9-30-18)8-16(28)25-12-5-6-15(21)14(7-12)19(22,23)24/h1-7,9H,8H2,(H,25,28)(H,26,27,29). The second-order valence-corrected chi connectivity index (χ2v) is 7.32. The fraction of sp³-hybridized carbons (Fsp3) is 0.105. The molecular formula is C19H12ClF4N3O2S. The first kappa shape index (κ1) is 21.7. The fourth-order valence-corrected chi connectivity index (χ4v) is 3.24. The van der Waals surface area contributed by atoms with Gasteiger partial charge in [-0.2, -0.15) is 13.2 Å². The van der Waals surface area contributed by atoms with E-state index in [0.29, 0.717) is 28.4 Å². The molecule has 3 rings (SSSR count). The van der Waals surface area contributed by atoms with Gasteiger partial charge in [-0.05, 0) is 42.5 Å². The topological polar surface area (TPSA) is 71.1 Å². The summed E-state index contributed by atoms with van der Waals surface area (Å²) < 4.78 is 51.6. The number of aromatic nitrogens is 1. The molecule has 0 saturated heterocycles. The summed E-state index contributed by atoms with van der Waals surface area (Å²) in [4.78, 5) is 28.3. The monoisotopic (exact) mass is 457 g/mol. The first-order chi connectivity index (χ1) is 14.1. The molecule has 0 aliphatic rings. The summed E-state index contributed by atoms with van der Waals surface area (Å²) in [5.74, 6) is -2.49. The van der Waals surface area contributed by atoms with Crippen LogP contribution in [0.15, 0.2) is 47.8 Å². The Labute approximate surface area is 176 Å². The molecule has 0 fully saturated rings. The minimum absolute atomic E-state index is 0.194. The quantitative estimate of drug-likeness (QED) is 0.505. The SMILES string of the molecule is O=C(Cc1csc(NC(=O)c2ccc(Cl)cc2)n1)Nc1ccc(F)c(C(F)(F)F)c1. The maximum atomic E-state index is 13.3. The van der Waals surface area contributed by atoms with Gasteiger partial charge >= 0.3 is 6.18 Å². The van der Waals surface area contributed by atoms with Gasteiger partial charge in [0.2, 0.25) is 5.91 Å². The van der Waals surface area contributed by atoms with Crippen LogP contribution >= 0.6 is 22.9 Å². The van der Waals surface area contributed by atoms with Gasteiger partial charge in [0.1, 0.15) is 5.82 Å². The Kier molecular flexibility index (Phi) is 6.37. The van der Waals surface area contributed by atoms with E-state index < -0.39 is 29.4 Å². The van der Waals surface area contributed by atoms with Crippen molar-refractivity contribution in [2.24, 2.45) is 0 Å². The summed E-state index contributed by atoms with van der Waals surface area (Å²) in [6, 6.07) is 8.38. The van der Waals surface area contributed by atoms with E-state index in [4.69, 9.17) is 11.6 Å². The number of nitrogens with zero attached hydrogens (tertiary/aromatic N) is 1. The predicted molar refractivity (Wildman–Crippen MR) is 105 cm³/mol. The van der Waals surface area contributed by atoms with Gasteiger partial charge in [0.25, 0.3) is 5.91 Å². The molecule has 156 valence electrons. The highest BCUT2D eigenvalue weighted by Crippen LogP contribution is 2.33. The number of carbonyl (C=O) groups excluding carboxylic acids is 2. The van der Waals surface area contributed by atoms with Crippen molar-refractivity contribution in [1.82, 2.24) is 4.98 Å². The van der Waals surface area contributed by atoms with E-state index in [-0.39, 0.29) is 17.2 Å². The number of anilines is 2. The largest absolute Gasteiger partial charge is 0.419 e. The van der Waals surface area contributed by atoms with Crippen molar-refractivity contribution in [2.75, 3.05) is 10.6 Å². The molecule has 0 aliphatic heterocycles. The summed E-state index contributed by atoms with van der Waals surface area (Å²) in [6.07, 6.45) is -5.12. The molecule has 0 unspecified atom stereocenters. The molecule has 30 heavy (non-hydrogen) atoms. The van der Waals surface area contributed by atoms with Gasteiger partial charge in [0.05, 0.1) is 17.7 Å². The highest BCUT2D eigenvalue weighted by atomic mass is 35.5. The number of amides is 2. The van der Waals surface area contributed by atoms with Crippen LogP contribution in [0, 0.1) is 5.82 Å². The van der Waals surface area contributed by atoms with Crippen molar-refractivity contribution >= 4 is 45.6 Å². The molecule has 3 aromatic rings. The molecule has 0 radical (unpaired) electrons. The van der Waals surface area contributed by atoms with Crippen molar-refractivity contribution in [3.8, 4) is 0 Å². The van der Waals surface area contributed by atoms with Crippen LogP contribution in [0.25, 0.3) is 0 Å². The second kappa shape index (κ2) is 8.80. The minimum atomic E-state index is -4.88. The third-order valence-corrected chi connectivity index (χ3v) is 4.83. The third kappa shape index (κ3) is 5.55. The molecule has 0 saturated carbocycles. The number of benzene rings is 2. The van der Waals surface area contributed by atoms with Crippen LogP contribution in [-0.4, -0.2) is 16.8 Å². The molecule has 0 aliphatic carbocycles. The molecule has 0 spiro atoms. The second-order valence-electron chi connectivity index (χ2n) is 6.02. The Hall–Kier alpha value is -2.98. The van der Waals surface area contributed by atoms with Gasteiger partial charge < -0.3 is 5.32 Å². The summed E-state index contributed by atoms with van der Waals surface area (Å²) in [7, 11) is 0. The molecule has 2 N–H and O–H groups in total. The number of rotatable bonds is 5. The van der Waals surface area contributed by atoms with Gasteiger partial charge in [0, 0.05) is 21.7 Å². The van der Waals surface area contributed by atoms with E-state index in [1.807, 2.05) is 0 Å². The lowest BCUT2D eigenvalue weighted by Gasteiger charge is -2.10. The Morgan fingerprint density at radius 3 is 2.43 bits per heavy atom. The van der Waals surface area contributed by atoms with Crippen molar-refractivity contribution in [3.05, 3.63) is 75.5 Å². The summed E-state index contributed by atoms with van der Waals surface area (Å²) in [5.41, 5.74) is -0.992. The van der Waals surface area contributed by atoms with Crippen molar-refractivity contribution in [2.45, 2.75) is 12.6 Å². The van der Waals surface area contributed by atoms with Crippen molar-refractivity contribution < 1.29 is 27.2 Å². The highest BCUT2D eigenvalue weighted by molar-refractivity contribution is 7.14. The van der Waals surface area contributed by atoms with Gasteiger partial charge in [-0.1, -0.05) is 11.6 Å². The van der Waals surface area contributed by atoms with Crippen LogP contribution in [0.5, 0.6) is 0 Å². The first-order valence-electron chi connectivity index (χ1n) is 8.30. The van der Waals surface area contributed by atoms with Crippen molar-refractivity contribution in [1.29, 1.82) is 0 Å². The maximum absolute atomic E-state index is 13.3. The number of hydrogen-bond acceptors (Lipinski definition) is 4. The lowest BCUT2D eigenvalue weighted by Crippen LogP contribution is -2.16. The molecule has 0 atom stereocenters. The summed E-state index contributed by atoms with van der Waals surface area (Å²) in [5, 5.41) is 7.11. The normalized spacial score (nSPS) is 11.2. The first-order valence-corrected chi connectivity index (χ1v) is 9.55. The highest BCUT2D eigenvalue weighted by Gasteiger charge is 2.34. The van der Waals surface area contributed by atoms with Gasteiger partial charge in [-0.25, -0.2) is 9.37 Å². The van der Waals surface area contributed by atoms with E-state index >= 15 is 0 Å². The third-order valence-electron chi connectivity index (χ3n) is 3.78. The molecule has 1 aromatic heterocycles. The Balaban J connectivity index is 1.61. The molecular weight excluding hydrogens is 446 g/mol.